The summed E-state index contributed by atoms with van der Waals surface area (Å²) in [5.41, 5.74) is 3.29. The van der Waals surface area contributed by atoms with Gasteiger partial charge in [-0.05, 0) is 72.8 Å². The maximum atomic E-state index is 13.8. The minimum absolute atomic E-state index is 0. The number of amides is 1. The Labute approximate surface area is 195 Å². The van der Waals surface area contributed by atoms with Gasteiger partial charge in [-0.15, -0.1) is 11.3 Å². The largest absolute Gasteiger partial charge is 0.456 e. The first kappa shape index (κ1) is 23.9. The van der Waals surface area contributed by atoms with E-state index in [4.69, 9.17) is 4.74 Å². The number of carbonyl (C=O) groups is 1. The van der Waals surface area contributed by atoms with Crippen LogP contribution in [0.1, 0.15) is 18.6 Å². The van der Waals surface area contributed by atoms with Crippen LogP contribution in [0, 0.1) is 19.7 Å². The molecule has 4 rings (SSSR count). The van der Waals surface area contributed by atoms with Crippen molar-refractivity contribution >= 4 is 33.0 Å². The molecule has 1 N–H and O–H groups in total. The van der Waals surface area contributed by atoms with Gasteiger partial charge in [0.25, 0.3) is 5.56 Å². The fourth-order valence-corrected chi connectivity index (χ4v) is 4.56. The molecular formula is C26H25FN2O3S. The summed E-state index contributed by atoms with van der Waals surface area (Å²) in [5.74, 6) is 0.417. The number of carbonyl (C=O) groups excluding carboxylic acids is 1. The molecule has 0 fully saturated rings. The molecule has 7 heteroatoms. The van der Waals surface area contributed by atoms with Crippen LogP contribution in [0.5, 0.6) is 11.5 Å². The zero-order valence-electron chi connectivity index (χ0n) is 17.9. The molecule has 5 nitrogen and oxygen atoms in total. The molecule has 0 saturated carbocycles. The summed E-state index contributed by atoms with van der Waals surface area (Å²) in [6, 6.07) is 9.91. The molecule has 0 aliphatic heterocycles. The highest BCUT2D eigenvalue weighted by atomic mass is 32.1. The summed E-state index contributed by atoms with van der Waals surface area (Å²) in [6.07, 6.45) is 2.95. The highest BCUT2D eigenvalue weighted by Gasteiger charge is 2.18. The van der Waals surface area contributed by atoms with Gasteiger partial charge >= 0.3 is 0 Å². The fourth-order valence-electron chi connectivity index (χ4n) is 3.65. The van der Waals surface area contributed by atoms with Crippen molar-refractivity contribution in [2.24, 2.45) is 7.05 Å². The van der Waals surface area contributed by atoms with Crippen LogP contribution in [-0.4, -0.2) is 10.5 Å². The first-order valence-corrected chi connectivity index (χ1v) is 10.8. The Morgan fingerprint density at radius 2 is 1.85 bits per heavy atom. The SMILES string of the molecule is C.C=CC(=O)Nc1ccc(Oc2c(C)cc(F)cc2C)c(-c2cn(C)c(=O)c3ccsc23)c1. The van der Waals surface area contributed by atoms with Crippen LogP contribution < -0.4 is 15.6 Å². The third kappa shape index (κ3) is 4.59. The second kappa shape index (κ2) is 9.42. The quantitative estimate of drug-likeness (QED) is 0.340. The number of aromatic nitrogens is 1. The highest BCUT2D eigenvalue weighted by molar-refractivity contribution is 7.17. The summed E-state index contributed by atoms with van der Waals surface area (Å²) < 4.78 is 22.4. The van der Waals surface area contributed by atoms with E-state index in [2.05, 4.69) is 11.9 Å². The van der Waals surface area contributed by atoms with Crippen molar-refractivity contribution < 1.29 is 13.9 Å². The predicted molar refractivity (Wildman–Crippen MR) is 134 cm³/mol. The van der Waals surface area contributed by atoms with Crippen LogP contribution in [0.3, 0.4) is 0 Å². The van der Waals surface area contributed by atoms with Gasteiger partial charge < -0.3 is 14.6 Å². The maximum Gasteiger partial charge on any atom is 0.259 e. The summed E-state index contributed by atoms with van der Waals surface area (Å²) >= 11 is 1.46. The van der Waals surface area contributed by atoms with Gasteiger partial charge in [0.05, 0.1) is 5.39 Å². The van der Waals surface area contributed by atoms with Crippen LogP contribution in [0.15, 0.2) is 65.4 Å². The Morgan fingerprint density at radius 3 is 2.52 bits per heavy atom. The zero-order valence-corrected chi connectivity index (χ0v) is 18.7. The molecule has 0 bridgehead atoms. The number of anilines is 1. The summed E-state index contributed by atoms with van der Waals surface area (Å²) in [7, 11) is 1.70. The summed E-state index contributed by atoms with van der Waals surface area (Å²) in [4.78, 5) is 24.4. The zero-order chi connectivity index (χ0) is 23.0. The fraction of sp³-hybridized carbons (Fsp3) is 0.154. The number of halogens is 1. The van der Waals surface area contributed by atoms with Crippen molar-refractivity contribution in [3.8, 4) is 22.6 Å². The second-order valence-corrected chi connectivity index (χ2v) is 8.41. The van der Waals surface area contributed by atoms with E-state index in [-0.39, 0.29) is 24.7 Å². The van der Waals surface area contributed by atoms with Crippen molar-refractivity contribution in [2.45, 2.75) is 21.3 Å². The van der Waals surface area contributed by atoms with Crippen LogP contribution in [0.2, 0.25) is 0 Å². The molecule has 2 aromatic carbocycles. The van der Waals surface area contributed by atoms with E-state index in [1.165, 1.54) is 34.1 Å². The van der Waals surface area contributed by atoms with Crippen LogP contribution in [0.4, 0.5) is 10.1 Å². The molecule has 1 amide bonds. The van der Waals surface area contributed by atoms with Crippen LogP contribution in [-0.2, 0) is 11.8 Å². The predicted octanol–water partition coefficient (Wildman–Crippen LogP) is 6.58. The number of rotatable bonds is 5. The third-order valence-electron chi connectivity index (χ3n) is 5.14. The van der Waals surface area contributed by atoms with Gasteiger partial charge in [-0.2, -0.15) is 0 Å². The summed E-state index contributed by atoms with van der Waals surface area (Å²) in [6.45, 7) is 7.06. The van der Waals surface area contributed by atoms with E-state index in [1.54, 1.807) is 51.4 Å². The third-order valence-corrected chi connectivity index (χ3v) is 6.09. The average molecular weight is 465 g/mol. The monoisotopic (exact) mass is 464 g/mol. The van der Waals surface area contributed by atoms with Gasteiger partial charge in [0.2, 0.25) is 5.91 Å². The number of nitrogens with one attached hydrogen (secondary N) is 1. The van der Waals surface area contributed by atoms with Crippen molar-refractivity contribution in [1.82, 2.24) is 4.57 Å². The van der Waals surface area contributed by atoms with E-state index < -0.39 is 0 Å². The number of ether oxygens (including phenoxy) is 1. The van der Waals surface area contributed by atoms with Crippen molar-refractivity contribution in [3.63, 3.8) is 0 Å². The smallest absolute Gasteiger partial charge is 0.259 e. The maximum absolute atomic E-state index is 13.8. The number of benzene rings is 2. The molecule has 33 heavy (non-hydrogen) atoms. The van der Waals surface area contributed by atoms with Gasteiger partial charge in [0.15, 0.2) is 0 Å². The normalized spacial score (nSPS) is 10.5. The minimum Gasteiger partial charge on any atom is -0.456 e. The number of thiophene rings is 1. The Hall–Kier alpha value is -3.71. The topological polar surface area (TPSA) is 60.3 Å². The van der Waals surface area contributed by atoms with Crippen molar-refractivity contribution in [1.29, 1.82) is 0 Å². The Kier molecular flexibility index (Phi) is 6.84. The number of fused-ring (bicyclic) bond motifs is 1. The number of hydrogen-bond acceptors (Lipinski definition) is 4. The molecule has 170 valence electrons. The number of pyridine rings is 1. The Balaban J connectivity index is 0.00000306. The summed E-state index contributed by atoms with van der Waals surface area (Å²) in [5, 5.41) is 5.24. The number of aryl methyl sites for hydroxylation is 3. The molecular weight excluding hydrogens is 439 g/mol. The van der Waals surface area contributed by atoms with E-state index in [1.807, 2.05) is 5.38 Å². The average Bonchev–Trinajstić information content (AvgIpc) is 3.24. The van der Waals surface area contributed by atoms with Crippen LogP contribution >= 0.6 is 11.3 Å². The lowest BCUT2D eigenvalue weighted by molar-refractivity contribution is -0.111. The first-order chi connectivity index (χ1) is 15.3. The molecule has 0 atom stereocenters. The first-order valence-electron chi connectivity index (χ1n) is 9.87. The van der Waals surface area contributed by atoms with E-state index in [0.29, 0.717) is 39.3 Å². The van der Waals surface area contributed by atoms with Gasteiger partial charge in [0.1, 0.15) is 17.3 Å². The number of nitrogens with zero attached hydrogens (tertiary/aromatic N) is 1. The van der Waals surface area contributed by atoms with Crippen LogP contribution in [0.25, 0.3) is 21.2 Å². The molecule has 0 unspecified atom stereocenters. The lowest BCUT2D eigenvalue weighted by Crippen LogP contribution is -2.15. The molecule has 0 saturated heterocycles. The van der Waals surface area contributed by atoms with Gasteiger partial charge in [-0.1, -0.05) is 14.0 Å². The Morgan fingerprint density at radius 1 is 1.15 bits per heavy atom. The van der Waals surface area contributed by atoms with E-state index >= 15 is 0 Å². The molecule has 0 spiro atoms. The molecule has 2 heterocycles. The Bertz CT molecular complexity index is 1410. The van der Waals surface area contributed by atoms with Crippen molar-refractivity contribution in [2.75, 3.05) is 5.32 Å². The molecule has 0 aliphatic rings. The van der Waals surface area contributed by atoms with E-state index in [0.717, 1.165) is 10.3 Å². The number of hydrogen-bond donors (Lipinski definition) is 1. The standard InChI is InChI=1S/C25H21FN2O3S.CH4/c1-5-22(29)27-17-6-7-21(31-23-14(2)10-16(26)11-15(23)3)19(12-17)20-13-28(4)25(30)18-8-9-32-24(18)20;/h5-13H,1H2,2-4H3,(H,27,29);1H4. The van der Waals surface area contributed by atoms with Gasteiger partial charge in [0, 0.05) is 34.8 Å². The lowest BCUT2D eigenvalue weighted by Gasteiger charge is -2.17. The minimum atomic E-state index is -0.337. The lowest BCUT2D eigenvalue weighted by atomic mass is 10.0. The molecule has 0 aliphatic carbocycles. The highest BCUT2D eigenvalue weighted by Crippen LogP contribution is 2.41. The van der Waals surface area contributed by atoms with Gasteiger partial charge in [-0.25, -0.2) is 4.39 Å². The van der Waals surface area contributed by atoms with Crippen molar-refractivity contribution in [3.05, 3.63) is 87.9 Å². The molecule has 2 aromatic heterocycles. The van der Waals surface area contributed by atoms with E-state index in [9.17, 15) is 14.0 Å². The second-order valence-electron chi connectivity index (χ2n) is 7.50. The van der Waals surface area contributed by atoms with Gasteiger partial charge in [-0.3, -0.25) is 9.59 Å². The molecule has 4 aromatic rings. The molecule has 0 radical (unpaired) electrons.